The largest absolute Gasteiger partial charge is 0.0915 e. The zero-order chi connectivity index (χ0) is 41.8. The van der Waals surface area contributed by atoms with Gasteiger partial charge < -0.3 is 0 Å². The maximum Gasteiger partial charge on any atom is -0.00229 e. The van der Waals surface area contributed by atoms with E-state index in [-0.39, 0.29) is 0 Å². The van der Waals surface area contributed by atoms with Gasteiger partial charge in [0.15, 0.2) is 0 Å². The average Bonchev–Trinajstić information content (AvgIpc) is 3.28. The Labute approximate surface area is 354 Å². The van der Waals surface area contributed by atoms with Crippen LogP contribution in [0.1, 0.15) is 75.3 Å². The van der Waals surface area contributed by atoms with Crippen molar-refractivity contribution in [3.63, 3.8) is 0 Å². The molecule has 7 aromatic carbocycles. The number of fused-ring (bicyclic) bond motifs is 3. The van der Waals surface area contributed by atoms with Crippen LogP contribution in [-0.4, -0.2) is 0 Å². The maximum absolute atomic E-state index is 4.23. The standard InChI is InChI=1S/C24H20.C21H20.C12H14.C2H6/c1-2-19(24-14-13-21-8-4-6-10-23(21)17-24)15-18-11-12-20-7-3-5-9-22(20)16-18;1-3-4-8-17-13-14-19(15-16(17)2)21-12-7-10-18-9-5-6-11-20(18)21;1-3-4-5-8-12-9-6-7-11(2)10-12;1-2/h2-14,16-17H,15H2,1H3;3-12,15H,2,13-14H2,1H3;3-10H,1-2H3;1-2H3/b19-2-;4-3+,17-8-;4-3+,8-5-;. The summed E-state index contributed by atoms with van der Waals surface area (Å²) in [5.41, 5.74) is 11.8. The molecule has 0 heterocycles. The van der Waals surface area contributed by atoms with Crippen LogP contribution in [0.5, 0.6) is 0 Å². The Hall–Kier alpha value is -6.50. The summed E-state index contributed by atoms with van der Waals surface area (Å²) in [7, 11) is 0. The van der Waals surface area contributed by atoms with E-state index in [9.17, 15) is 0 Å². The quantitative estimate of drug-likeness (QED) is 0.142. The van der Waals surface area contributed by atoms with Crippen LogP contribution in [0.2, 0.25) is 0 Å². The monoisotopic (exact) mass is 768 g/mol. The topological polar surface area (TPSA) is 0 Å². The Morgan fingerprint density at radius 2 is 1.20 bits per heavy atom. The van der Waals surface area contributed by atoms with Crippen molar-refractivity contribution in [1.29, 1.82) is 0 Å². The molecule has 0 amide bonds. The van der Waals surface area contributed by atoms with Crippen molar-refractivity contribution in [2.45, 2.75) is 60.8 Å². The van der Waals surface area contributed by atoms with E-state index in [0.717, 1.165) is 24.8 Å². The van der Waals surface area contributed by atoms with Gasteiger partial charge in [0.25, 0.3) is 0 Å². The summed E-state index contributed by atoms with van der Waals surface area (Å²) in [4.78, 5) is 0. The Morgan fingerprint density at radius 3 is 1.88 bits per heavy atom. The zero-order valence-corrected chi connectivity index (χ0v) is 36.0. The summed E-state index contributed by atoms with van der Waals surface area (Å²) >= 11 is 0. The SMILES string of the molecule is C/C=C(/Cc1ccc2ccccc2c1)c1ccc2ccccc2c1.C/C=C/C=C\c1cccc(C)c1.C=C1C=C(c2cccc3ccccc23)CC/C1=C/C=C/C.CC. The van der Waals surface area contributed by atoms with Gasteiger partial charge in [-0.2, -0.15) is 0 Å². The van der Waals surface area contributed by atoms with E-state index < -0.39 is 0 Å². The lowest BCUT2D eigenvalue weighted by Crippen LogP contribution is -1.98. The smallest absolute Gasteiger partial charge is 0.00229 e. The first-order chi connectivity index (χ1) is 28.9. The van der Waals surface area contributed by atoms with Gasteiger partial charge in [0, 0.05) is 0 Å². The van der Waals surface area contributed by atoms with Gasteiger partial charge in [-0.25, -0.2) is 0 Å². The lowest BCUT2D eigenvalue weighted by molar-refractivity contribution is 0.988. The van der Waals surface area contributed by atoms with Crippen molar-refractivity contribution in [1.82, 2.24) is 0 Å². The summed E-state index contributed by atoms with van der Waals surface area (Å²) in [6.45, 7) is 16.5. The van der Waals surface area contributed by atoms with Gasteiger partial charge in [-0.15, -0.1) is 0 Å². The van der Waals surface area contributed by atoms with E-state index in [1.807, 2.05) is 39.8 Å². The number of aryl methyl sites for hydroxylation is 1. The average molecular weight is 769 g/mol. The maximum atomic E-state index is 4.23. The highest BCUT2D eigenvalue weighted by Crippen LogP contribution is 2.35. The first-order valence-corrected chi connectivity index (χ1v) is 21.1. The molecular formula is C59H60. The van der Waals surface area contributed by atoms with Crippen molar-refractivity contribution in [3.8, 4) is 0 Å². The Bertz CT molecular complexity index is 2640. The fourth-order valence-corrected chi connectivity index (χ4v) is 7.31. The van der Waals surface area contributed by atoms with Crippen molar-refractivity contribution < 1.29 is 0 Å². The predicted octanol–water partition coefficient (Wildman–Crippen LogP) is 17.3. The molecule has 296 valence electrons. The molecule has 1 aliphatic carbocycles. The lowest BCUT2D eigenvalue weighted by Gasteiger charge is -2.19. The number of benzene rings is 7. The molecular weight excluding hydrogens is 709 g/mol. The molecule has 7 aromatic rings. The van der Waals surface area contributed by atoms with Crippen molar-refractivity contribution in [2.24, 2.45) is 0 Å². The normalized spacial score (nSPS) is 13.6. The minimum atomic E-state index is 0.958. The number of hydrogen-bond acceptors (Lipinski definition) is 0. The second-order valence-corrected chi connectivity index (χ2v) is 14.5. The third kappa shape index (κ3) is 12.5. The molecule has 0 radical (unpaired) electrons. The highest BCUT2D eigenvalue weighted by Gasteiger charge is 2.14. The van der Waals surface area contributed by atoms with Gasteiger partial charge in [0.05, 0.1) is 0 Å². The molecule has 8 rings (SSSR count). The fourth-order valence-electron chi connectivity index (χ4n) is 7.31. The highest BCUT2D eigenvalue weighted by atomic mass is 14.2. The van der Waals surface area contributed by atoms with Crippen molar-refractivity contribution in [3.05, 3.63) is 246 Å². The molecule has 0 saturated carbocycles. The third-order valence-corrected chi connectivity index (χ3v) is 10.4. The van der Waals surface area contributed by atoms with Crippen LogP contribution in [0.15, 0.2) is 218 Å². The molecule has 0 bridgehead atoms. The molecule has 0 N–H and O–H groups in total. The molecule has 0 unspecified atom stereocenters. The third-order valence-electron chi connectivity index (χ3n) is 10.4. The van der Waals surface area contributed by atoms with Gasteiger partial charge in [0.1, 0.15) is 0 Å². The van der Waals surface area contributed by atoms with E-state index in [0.29, 0.717) is 0 Å². The van der Waals surface area contributed by atoms with Crippen LogP contribution < -0.4 is 0 Å². The molecule has 0 nitrogen and oxygen atoms in total. The Kier molecular flexibility index (Phi) is 17.0. The van der Waals surface area contributed by atoms with Gasteiger partial charge >= 0.3 is 0 Å². The lowest BCUT2D eigenvalue weighted by atomic mass is 9.86. The van der Waals surface area contributed by atoms with E-state index in [1.165, 1.54) is 76.9 Å². The van der Waals surface area contributed by atoms with Crippen LogP contribution >= 0.6 is 0 Å². The summed E-state index contributed by atoms with van der Waals surface area (Å²) in [5.74, 6) is 0. The fraction of sp³-hybridized carbons (Fsp3) is 0.153. The number of hydrogen-bond donors (Lipinski definition) is 0. The van der Waals surface area contributed by atoms with Gasteiger partial charge in [-0.1, -0.05) is 226 Å². The Morgan fingerprint density at radius 1 is 0.576 bits per heavy atom. The van der Waals surface area contributed by atoms with Gasteiger partial charge in [-0.3, -0.25) is 0 Å². The van der Waals surface area contributed by atoms with Crippen LogP contribution in [0.25, 0.3) is 49.5 Å². The molecule has 0 heteroatoms. The van der Waals surface area contributed by atoms with E-state index in [2.05, 4.69) is 215 Å². The van der Waals surface area contributed by atoms with Crippen molar-refractivity contribution in [2.75, 3.05) is 0 Å². The van der Waals surface area contributed by atoms with Crippen LogP contribution in [0.4, 0.5) is 0 Å². The van der Waals surface area contributed by atoms with E-state index in [1.54, 1.807) is 0 Å². The number of allylic oxidation sites excluding steroid dienone is 12. The highest BCUT2D eigenvalue weighted by molar-refractivity contribution is 5.95. The van der Waals surface area contributed by atoms with Crippen molar-refractivity contribution >= 4 is 49.5 Å². The zero-order valence-electron chi connectivity index (χ0n) is 36.0. The van der Waals surface area contributed by atoms with Crippen LogP contribution in [-0.2, 0) is 6.42 Å². The van der Waals surface area contributed by atoms with E-state index in [4.69, 9.17) is 0 Å². The second kappa shape index (κ2) is 23.0. The minimum Gasteiger partial charge on any atom is -0.0915 e. The van der Waals surface area contributed by atoms with Gasteiger partial charge in [-0.05, 0) is 130 Å². The van der Waals surface area contributed by atoms with E-state index >= 15 is 0 Å². The first-order valence-electron chi connectivity index (χ1n) is 21.1. The molecule has 0 fully saturated rings. The summed E-state index contributed by atoms with van der Waals surface area (Å²) in [6.07, 6.45) is 22.1. The minimum absolute atomic E-state index is 0.958. The molecule has 59 heavy (non-hydrogen) atoms. The molecule has 1 aliphatic rings. The molecule has 0 aliphatic heterocycles. The van der Waals surface area contributed by atoms with Crippen LogP contribution in [0.3, 0.4) is 0 Å². The summed E-state index contributed by atoms with van der Waals surface area (Å²) in [5, 5.41) is 7.84. The Balaban J connectivity index is 0.000000173. The number of rotatable bonds is 7. The first kappa shape index (κ1) is 43.6. The summed E-state index contributed by atoms with van der Waals surface area (Å²) < 4.78 is 0. The predicted molar refractivity (Wildman–Crippen MR) is 265 cm³/mol. The molecule has 0 atom stereocenters. The van der Waals surface area contributed by atoms with Crippen LogP contribution in [0, 0.1) is 6.92 Å². The molecule has 0 spiro atoms. The van der Waals surface area contributed by atoms with Gasteiger partial charge in [0.2, 0.25) is 0 Å². The molecule has 0 aromatic heterocycles. The summed E-state index contributed by atoms with van der Waals surface area (Å²) in [6, 6.07) is 54.2. The molecule has 0 saturated heterocycles. The second-order valence-electron chi connectivity index (χ2n) is 14.5.